The summed E-state index contributed by atoms with van der Waals surface area (Å²) in [5.74, 6) is -0.163. The molecule has 2 aliphatic rings. The van der Waals surface area contributed by atoms with E-state index in [9.17, 15) is 4.79 Å². The minimum atomic E-state index is -0.259. The molecular weight excluding hydrogens is 254 g/mol. The molecule has 20 heavy (non-hydrogen) atoms. The van der Waals surface area contributed by atoms with Gasteiger partial charge >= 0.3 is 0 Å². The number of hydrogen-bond acceptors (Lipinski definition) is 4. The van der Waals surface area contributed by atoms with E-state index >= 15 is 0 Å². The molecule has 3 rings (SSSR count). The molecule has 2 aliphatic heterocycles. The van der Waals surface area contributed by atoms with E-state index in [0.717, 1.165) is 37.2 Å². The number of benzene rings is 1. The second-order valence-corrected chi connectivity index (χ2v) is 5.56. The molecule has 1 spiro atoms. The zero-order chi connectivity index (χ0) is 14.0. The number of piperidine rings is 1. The van der Waals surface area contributed by atoms with Gasteiger partial charge in [-0.15, -0.1) is 0 Å². The summed E-state index contributed by atoms with van der Waals surface area (Å²) in [7, 11) is 0. The lowest BCUT2D eigenvalue weighted by molar-refractivity contribution is -0.110. The summed E-state index contributed by atoms with van der Waals surface area (Å²) in [5.41, 5.74) is 2.19. The van der Waals surface area contributed by atoms with Gasteiger partial charge in [-0.2, -0.15) is 0 Å². The van der Waals surface area contributed by atoms with Gasteiger partial charge in [-0.3, -0.25) is 4.79 Å². The van der Waals surface area contributed by atoms with Crippen molar-refractivity contribution in [3.8, 4) is 0 Å². The van der Waals surface area contributed by atoms with Crippen molar-refractivity contribution in [2.24, 2.45) is 5.16 Å². The molecule has 2 heterocycles. The fourth-order valence-electron chi connectivity index (χ4n) is 2.63. The van der Waals surface area contributed by atoms with Crippen LogP contribution in [0, 0.1) is 6.92 Å². The molecule has 1 fully saturated rings. The van der Waals surface area contributed by atoms with E-state index in [1.807, 2.05) is 31.2 Å². The first-order valence-corrected chi connectivity index (χ1v) is 7.01. The van der Waals surface area contributed by atoms with Crippen molar-refractivity contribution in [3.05, 3.63) is 29.8 Å². The summed E-state index contributed by atoms with van der Waals surface area (Å²) in [6, 6.07) is 7.72. The lowest BCUT2D eigenvalue weighted by Crippen LogP contribution is -2.42. The molecule has 1 saturated heterocycles. The molecule has 0 atom stereocenters. The van der Waals surface area contributed by atoms with E-state index in [1.54, 1.807) is 0 Å². The van der Waals surface area contributed by atoms with Crippen LogP contribution in [0.1, 0.15) is 24.8 Å². The van der Waals surface area contributed by atoms with Gasteiger partial charge in [0.05, 0.1) is 0 Å². The van der Waals surface area contributed by atoms with Crippen molar-refractivity contribution in [1.82, 2.24) is 5.32 Å². The molecule has 1 amide bonds. The number of aryl methyl sites for hydroxylation is 1. The second kappa shape index (κ2) is 5.25. The van der Waals surface area contributed by atoms with Gasteiger partial charge in [0.1, 0.15) is 11.3 Å². The number of anilines is 1. The first-order valence-electron chi connectivity index (χ1n) is 7.01. The topological polar surface area (TPSA) is 62.7 Å². The third kappa shape index (κ3) is 2.67. The van der Waals surface area contributed by atoms with Gasteiger partial charge in [0.2, 0.25) is 0 Å². The van der Waals surface area contributed by atoms with Gasteiger partial charge in [-0.25, -0.2) is 0 Å². The summed E-state index contributed by atoms with van der Waals surface area (Å²) in [4.78, 5) is 17.7. The number of hydrogen-bond donors (Lipinski definition) is 2. The number of oxime groups is 1. The third-order valence-electron chi connectivity index (χ3n) is 3.93. The number of nitrogens with zero attached hydrogens (tertiary/aromatic N) is 1. The minimum Gasteiger partial charge on any atom is -0.388 e. The van der Waals surface area contributed by atoms with Crippen molar-refractivity contribution in [2.45, 2.75) is 31.8 Å². The maximum absolute atomic E-state index is 12.2. The Morgan fingerprint density at radius 2 is 2.00 bits per heavy atom. The predicted molar refractivity (Wildman–Crippen MR) is 77.8 cm³/mol. The summed E-state index contributed by atoms with van der Waals surface area (Å²) >= 11 is 0. The van der Waals surface area contributed by atoms with Crippen molar-refractivity contribution in [1.29, 1.82) is 0 Å². The SMILES string of the molecule is Cc1ccc(NC(=O)C2=NOC3(CCNCC3)C2)cc1. The molecule has 106 valence electrons. The number of nitrogens with one attached hydrogen (secondary N) is 2. The minimum absolute atomic E-state index is 0.163. The summed E-state index contributed by atoms with van der Waals surface area (Å²) in [6.45, 7) is 3.85. The molecule has 0 aliphatic carbocycles. The van der Waals surface area contributed by atoms with Crippen LogP contribution in [0.2, 0.25) is 0 Å². The molecule has 0 aromatic heterocycles. The molecule has 0 radical (unpaired) electrons. The first kappa shape index (κ1) is 13.1. The quantitative estimate of drug-likeness (QED) is 0.864. The normalized spacial score (nSPS) is 20.4. The molecular formula is C15H19N3O2. The van der Waals surface area contributed by atoms with Crippen molar-refractivity contribution < 1.29 is 9.63 Å². The standard InChI is InChI=1S/C15H19N3O2/c1-11-2-4-12(5-3-11)17-14(19)13-10-15(20-18-13)6-8-16-9-7-15/h2-5,16H,6-10H2,1H3,(H,17,19). The van der Waals surface area contributed by atoms with E-state index in [1.165, 1.54) is 0 Å². The Bertz CT molecular complexity index is 531. The van der Waals surface area contributed by atoms with Crippen LogP contribution in [0.4, 0.5) is 5.69 Å². The number of carbonyl (C=O) groups excluding carboxylic acids is 1. The zero-order valence-corrected chi connectivity index (χ0v) is 11.6. The van der Waals surface area contributed by atoms with Crippen LogP contribution in [-0.4, -0.2) is 30.3 Å². The molecule has 0 bridgehead atoms. The van der Waals surface area contributed by atoms with E-state index in [4.69, 9.17) is 4.84 Å². The van der Waals surface area contributed by atoms with Crippen LogP contribution in [-0.2, 0) is 9.63 Å². The van der Waals surface area contributed by atoms with Gasteiger partial charge in [-0.1, -0.05) is 22.9 Å². The Morgan fingerprint density at radius 1 is 1.30 bits per heavy atom. The predicted octanol–water partition coefficient (Wildman–Crippen LogP) is 1.83. The van der Waals surface area contributed by atoms with E-state index in [2.05, 4.69) is 15.8 Å². The van der Waals surface area contributed by atoms with E-state index in [-0.39, 0.29) is 11.5 Å². The van der Waals surface area contributed by atoms with Gasteiger partial charge in [0.15, 0.2) is 0 Å². The number of amides is 1. The van der Waals surface area contributed by atoms with Gasteiger partial charge in [-0.05, 0) is 32.1 Å². The molecule has 2 N–H and O–H groups in total. The molecule has 0 unspecified atom stereocenters. The number of carbonyl (C=O) groups is 1. The highest BCUT2D eigenvalue weighted by Crippen LogP contribution is 2.32. The van der Waals surface area contributed by atoms with Crippen LogP contribution >= 0.6 is 0 Å². The Labute approximate surface area is 118 Å². The van der Waals surface area contributed by atoms with Crippen LogP contribution < -0.4 is 10.6 Å². The summed E-state index contributed by atoms with van der Waals surface area (Å²) < 4.78 is 0. The lowest BCUT2D eigenvalue weighted by Gasteiger charge is -2.30. The smallest absolute Gasteiger partial charge is 0.273 e. The average Bonchev–Trinajstić information content (AvgIpc) is 2.86. The molecule has 5 heteroatoms. The van der Waals surface area contributed by atoms with E-state index in [0.29, 0.717) is 12.1 Å². The van der Waals surface area contributed by atoms with Gasteiger partial charge in [0, 0.05) is 24.9 Å². The number of rotatable bonds is 2. The zero-order valence-electron chi connectivity index (χ0n) is 11.6. The fourth-order valence-corrected chi connectivity index (χ4v) is 2.63. The lowest BCUT2D eigenvalue weighted by atomic mass is 9.87. The summed E-state index contributed by atoms with van der Waals surface area (Å²) in [5, 5.41) is 10.2. The van der Waals surface area contributed by atoms with Crippen molar-refractivity contribution in [2.75, 3.05) is 18.4 Å². The highest BCUT2D eigenvalue weighted by atomic mass is 16.7. The maximum atomic E-state index is 12.2. The third-order valence-corrected chi connectivity index (χ3v) is 3.93. The average molecular weight is 273 g/mol. The Hall–Kier alpha value is -1.88. The molecule has 0 saturated carbocycles. The largest absolute Gasteiger partial charge is 0.388 e. The highest BCUT2D eigenvalue weighted by molar-refractivity contribution is 6.43. The molecule has 1 aromatic carbocycles. The Morgan fingerprint density at radius 3 is 2.70 bits per heavy atom. The monoisotopic (exact) mass is 273 g/mol. The first-order chi connectivity index (χ1) is 9.67. The molecule has 5 nitrogen and oxygen atoms in total. The van der Waals surface area contributed by atoms with Crippen LogP contribution in [0.3, 0.4) is 0 Å². The van der Waals surface area contributed by atoms with Gasteiger partial charge in [0.25, 0.3) is 5.91 Å². The highest BCUT2D eigenvalue weighted by Gasteiger charge is 2.42. The van der Waals surface area contributed by atoms with Crippen LogP contribution in [0.15, 0.2) is 29.4 Å². The summed E-state index contributed by atoms with van der Waals surface area (Å²) in [6.07, 6.45) is 2.40. The second-order valence-electron chi connectivity index (χ2n) is 5.56. The maximum Gasteiger partial charge on any atom is 0.273 e. The van der Waals surface area contributed by atoms with Crippen LogP contribution in [0.25, 0.3) is 0 Å². The van der Waals surface area contributed by atoms with Crippen molar-refractivity contribution >= 4 is 17.3 Å². The Balaban J connectivity index is 1.62. The van der Waals surface area contributed by atoms with Crippen LogP contribution in [0.5, 0.6) is 0 Å². The van der Waals surface area contributed by atoms with Gasteiger partial charge < -0.3 is 15.5 Å². The fraction of sp³-hybridized carbons (Fsp3) is 0.467. The Kier molecular flexibility index (Phi) is 3.44. The van der Waals surface area contributed by atoms with E-state index < -0.39 is 0 Å². The molecule has 1 aromatic rings. The van der Waals surface area contributed by atoms with Crippen molar-refractivity contribution in [3.63, 3.8) is 0 Å².